The van der Waals surface area contributed by atoms with Gasteiger partial charge in [0.1, 0.15) is 0 Å². The van der Waals surface area contributed by atoms with Crippen LogP contribution >= 0.6 is 11.6 Å². The Morgan fingerprint density at radius 1 is 0.929 bits per heavy atom. The van der Waals surface area contributed by atoms with E-state index in [9.17, 15) is 0 Å². The monoisotopic (exact) mass is 213 g/mol. The van der Waals surface area contributed by atoms with Crippen molar-refractivity contribution in [1.82, 2.24) is 4.90 Å². The summed E-state index contributed by atoms with van der Waals surface area (Å²) in [5.41, 5.74) is 0. The van der Waals surface area contributed by atoms with Crippen molar-refractivity contribution in [2.75, 3.05) is 19.6 Å². The van der Waals surface area contributed by atoms with Crippen LogP contribution in [0.5, 0.6) is 0 Å². The first-order valence-electron chi connectivity index (χ1n) is 5.17. The molecule has 1 aromatic rings. The van der Waals surface area contributed by atoms with Gasteiger partial charge in [0.25, 0.3) is 0 Å². The van der Waals surface area contributed by atoms with Gasteiger partial charge in [-0.25, -0.2) is 0 Å². The zero-order valence-corrected chi connectivity index (χ0v) is 10.1. The fraction of sp³-hybridized carbons (Fsp3) is 0.500. The highest BCUT2D eigenvalue weighted by molar-refractivity contribution is 6.30. The average molecular weight is 214 g/mol. The first kappa shape index (κ1) is 13.5. The average Bonchev–Trinajstić information content (AvgIpc) is 2.22. The van der Waals surface area contributed by atoms with Gasteiger partial charge >= 0.3 is 0 Å². The molecule has 0 spiro atoms. The first-order chi connectivity index (χ1) is 6.74. The fourth-order valence-corrected chi connectivity index (χ4v) is 1.23. The summed E-state index contributed by atoms with van der Waals surface area (Å²) in [5, 5.41) is 0.794. The maximum absolute atomic E-state index is 5.54. The van der Waals surface area contributed by atoms with Crippen LogP contribution in [0.2, 0.25) is 5.02 Å². The van der Waals surface area contributed by atoms with Crippen molar-refractivity contribution in [1.29, 1.82) is 0 Å². The Kier molecular flexibility index (Phi) is 8.70. The second-order valence-corrected chi connectivity index (χ2v) is 3.35. The summed E-state index contributed by atoms with van der Waals surface area (Å²) in [6.45, 7) is 10.1. The van der Waals surface area contributed by atoms with Crippen molar-refractivity contribution in [2.24, 2.45) is 0 Å². The first-order valence-corrected chi connectivity index (χ1v) is 5.55. The molecule has 1 nitrogen and oxygen atoms in total. The Morgan fingerprint density at radius 3 is 1.50 bits per heavy atom. The van der Waals surface area contributed by atoms with Crippen LogP contribution in [0, 0.1) is 0 Å². The summed E-state index contributed by atoms with van der Waals surface area (Å²) in [4.78, 5) is 2.38. The van der Waals surface area contributed by atoms with E-state index in [0.29, 0.717) is 0 Å². The Morgan fingerprint density at radius 2 is 1.36 bits per heavy atom. The van der Waals surface area contributed by atoms with Crippen LogP contribution in [-0.4, -0.2) is 24.5 Å². The van der Waals surface area contributed by atoms with E-state index >= 15 is 0 Å². The molecule has 0 saturated heterocycles. The van der Waals surface area contributed by atoms with Gasteiger partial charge in [0.2, 0.25) is 0 Å². The van der Waals surface area contributed by atoms with Gasteiger partial charge in [-0.3, -0.25) is 0 Å². The maximum Gasteiger partial charge on any atom is 0.0405 e. The zero-order chi connectivity index (χ0) is 10.8. The molecule has 1 rings (SSSR count). The molecule has 0 heterocycles. The summed E-state index contributed by atoms with van der Waals surface area (Å²) >= 11 is 5.54. The smallest absolute Gasteiger partial charge is 0.0405 e. The number of hydrogen-bond donors (Lipinski definition) is 0. The summed E-state index contributed by atoms with van der Waals surface area (Å²) < 4.78 is 0. The van der Waals surface area contributed by atoms with Crippen molar-refractivity contribution in [3.05, 3.63) is 35.4 Å². The summed E-state index contributed by atoms with van der Waals surface area (Å²) in [6.07, 6.45) is 0. The lowest BCUT2D eigenvalue weighted by Crippen LogP contribution is -2.21. The van der Waals surface area contributed by atoms with Gasteiger partial charge in [0.15, 0.2) is 0 Å². The highest BCUT2D eigenvalue weighted by Crippen LogP contribution is 2.03. The van der Waals surface area contributed by atoms with Gasteiger partial charge in [-0.1, -0.05) is 50.6 Å². The van der Waals surface area contributed by atoms with Crippen LogP contribution in [0.25, 0.3) is 0 Å². The highest BCUT2D eigenvalue weighted by atomic mass is 35.5. The molecule has 0 N–H and O–H groups in total. The molecule has 0 aliphatic carbocycles. The molecule has 0 radical (unpaired) electrons. The molecule has 14 heavy (non-hydrogen) atoms. The van der Waals surface area contributed by atoms with E-state index in [-0.39, 0.29) is 0 Å². The molecule has 0 aliphatic heterocycles. The van der Waals surface area contributed by atoms with Crippen LogP contribution < -0.4 is 0 Å². The van der Waals surface area contributed by atoms with E-state index in [0.717, 1.165) is 5.02 Å². The third-order valence-electron chi connectivity index (χ3n) is 2.07. The van der Waals surface area contributed by atoms with Gasteiger partial charge in [0.05, 0.1) is 0 Å². The second kappa shape index (κ2) is 9.04. The zero-order valence-electron chi connectivity index (χ0n) is 9.33. The number of hydrogen-bond acceptors (Lipinski definition) is 1. The van der Waals surface area contributed by atoms with Crippen molar-refractivity contribution in [3.63, 3.8) is 0 Å². The minimum atomic E-state index is 0.794. The van der Waals surface area contributed by atoms with Gasteiger partial charge in [0, 0.05) is 5.02 Å². The van der Waals surface area contributed by atoms with Gasteiger partial charge < -0.3 is 4.90 Å². The van der Waals surface area contributed by atoms with E-state index in [1.165, 1.54) is 19.6 Å². The predicted octanol–water partition coefficient (Wildman–Crippen LogP) is 3.69. The van der Waals surface area contributed by atoms with Crippen molar-refractivity contribution in [2.45, 2.75) is 20.8 Å². The standard InChI is InChI=1S/C6H5Cl.C6H15N/c7-6-4-2-1-3-5-6;1-4-7(5-2)6-3/h1-5H;4-6H2,1-3H3. The summed E-state index contributed by atoms with van der Waals surface area (Å²) in [6, 6.07) is 9.44. The molecule has 0 aromatic heterocycles. The summed E-state index contributed by atoms with van der Waals surface area (Å²) in [7, 11) is 0. The molecule has 80 valence electrons. The number of nitrogens with zero attached hydrogens (tertiary/aromatic N) is 1. The molecular formula is C12H20ClN. The SMILES string of the molecule is CCN(CC)CC.Clc1ccccc1. The molecule has 0 saturated carbocycles. The molecule has 0 bridgehead atoms. The number of halogens is 1. The number of rotatable bonds is 3. The van der Waals surface area contributed by atoms with Crippen molar-refractivity contribution < 1.29 is 0 Å². The molecule has 0 unspecified atom stereocenters. The van der Waals surface area contributed by atoms with E-state index in [1.807, 2.05) is 30.3 Å². The Bertz CT molecular complexity index is 201. The fourth-order valence-electron chi connectivity index (χ4n) is 1.09. The minimum absolute atomic E-state index is 0.794. The van der Waals surface area contributed by atoms with E-state index in [2.05, 4.69) is 25.7 Å². The van der Waals surface area contributed by atoms with Crippen LogP contribution in [-0.2, 0) is 0 Å². The van der Waals surface area contributed by atoms with Gasteiger partial charge in [-0.2, -0.15) is 0 Å². The van der Waals surface area contributed by atoms with Crippen molar-refractivity contribution in [3.8, 4) is 0 Å². The quantitative estimate of drug-likeness (QED) is 0.741. The lowest BCUT2D eigenvalue weighted by atomic mass is 10.4. The lowest BCUT2D eigenvalue weighted by Gasteiger charge is -2.13. The Balaban J connectivity index is 0.000000241. The normalized spacial score (nSPS) is 9.50. The number of benzene rings is 1. The molecule has 0 fully saturated rings. The lowest BCUT2D eigenvalue weighted by molar-refractivity contribution is 0.321. The van der Waals surface area contributed by atoms with Gasteiger partial charge in [-0.05, 0) is 31.8 Å². The molecule has 0 amide bonds. The Labute approximate surface area is 92.7 Å². The van der Waals surface area contributed by atoms with Crippen molar-refractivity contribution >= 4 is 11.6 Å². The molecule has 0 atom stereocenters. The Hall–Kier alpha value is -0.530. The topological polar surface area (TPSA) is 3.24 Å². The third kappa shape index (κ3) is 6.93. The van der Waals surface area contributed by atoms with Gasteiger partial charge in [-0.15, -0.1) is 0 Å². The van der Waals surface area contributed by atoms with Crippen LogP contribution in [0.4, 0.5) is 0 Å². The second-order valence-electron chi connectivity index (χ2n) is 2.92. The van der Waals surface area contributed by atoms with Crippen LogP contribution in [0.3, 0.4) is 0 Å². The van der Waals surface area contributed by atoms with E-state index in [4.69, 9.17) is 11.6 Å². The van der Waals surface area contributed by atoms with Crippen LogP contribution in [0.15, 0.2) is 30.3 Å². The predicted molar refractivity (Wildman–Crippen MR) is 64.9 cm³/mol. The summed E-state index contributed by atoms with van der Waals surface area (Å²) in [5.74, 6) is 0. The third-order valence-corrected chi connectivity index (χ3v) is 2.33. The van der Waals surface area contributed by atoms with E-state index < -0.39 is 0 Å². The largest absolute Gasteiger partial charge is 0.304 e. The highest BCUT2D eigenvalue weighted by Gasteiger charge is 1.89. The molecule has 0 aliphatic rings. The maximum atomic E-state index is 5.54. The minimum Gasteiger partial charge on any atom is -0.304 e. The van der Waals surface area contributed by atoms with E-state index in [1.54, 1.807) is 0 Å². The molecular weight excluding hydrogens is 194 g/mol. The van der Waals surface area contributed by atoms with Crippen LogP contribution in [0.1, 0.15) is 20.8 Å². The molecule has 2 heteroatoms. The molecule has 1 aromatic carbocycles.